The third kappa shape index (κ3) is 3.22. The Morgan fingerprint density at radius 3 is 2.44 bits per heavy atom. The molecule has 1 aliphatic rings. The summed E-state index contributed by atoms with van der Waals surface area (Å²) in [4.78, 5) is 25.7. The number of piperazine rings is 1. The van der Waals surface area contributed by atoms with Gasteiger partial charge in [-0.25, -0.2) is 0 Å². The van der Waals surface area contributed by atoms with Crippen molar-refractivity contribution in [3.63, 3.8) is 0 Å². The molecule has 0 aromatic carbocycles. The maximum Gasteiger partial charge on any atom is 0.245 e. The van der Waals surface area contributed by atoms with Crippen molar-refractivity contribution in [1.29, 1.82) is 0 Å². The van der Waals surface area contributed by atoms with Gasteiger partial charge in [-0.15, -0.1) is 0 Å². The molecule has 0 aliphatic carbocycles. The largest absolute Gasteiger partial charge is 0.374 e. The van der Waals surface area contributed by atoms with Crippen LogP contribution in [0.3, 0.4) is 0 Å². The van der Waals surface area contributed by atoms with Crippen molar-refractivity contribution in [3.05, 3.63) is 0 Å². The summed E-state index contributed by atoms with van der Waals surface area (Å²) in [5, 5.41) is 2.74. The summed E-state index contributed by atoms with van der Waals surface area (Å²) in [7, 11) is 0. The molecule has 2 atom stereocenters. The zero-order valence-electron chi connectivity index (χ0n) is 11.9. The van der Waals surface area contributed by atoms with E-state index in [1.54, 1.807) is 11.8 Å². The van der Waals surface area contributed by atoms with Gasteiger partial charge >= 0.3 is 0 Å². The Bertz CT molecular complexity index is 328. The normalized spacial score (nSPS) is 25.3. The monoisotopic (exact) mass is 256 g/mol. The van der Waals surface area contributed by atoms with E-state index < -0.39 is 17.7 Å². The van der Waals surface area contributed by atoms with Gasteiger partial charge in [0.05, 0.1) is 12.1 Å². The van der Waals surface area contributed by atoms with Crippen LogP contribution in [0.15, 0.2) is 0 Å². The van der Waals surface area contributed by atoms with E-state index in [0.717, 1.165) is 0 Å². The van der Waals surface area contributed by atoms with E-state index in [1.807, 2.05) is 27.7 Å². The second-order valence-electron chi connectivity index (χ2n) is 5.30. The number of rotatable bonds is 5. The number of nitrogens with one attached hydrogen (secondary N) is 1. The van der Waals surface area contributed by atoms with Crippen LogP contribution in [0.1, 0.15) is 41.0 Å². The molecule has 1 rings (SSSR count). The molecule has 104 valence electrons. The van der Waals surface area contributed by atoms with E-state index in [-0.39, 0.29) is 11.8 Å². The van der Waals surface area contributed by atoms with Gasteiger partial charge in [0, 0.05) is 6.61 Å². The molecule has 0 radical (unpaired) electrons. The molecule has 5 nitrogen and oxygen atoms in total. The maximum absolute atomic E-state index is 12.3. The van der Waals surface area contributed by atoms with Crippen molar-refractivity contribution in [2.45, 2.75) is 58.7 Å². The molecule has 0 bridgehead atoms. The van der Waals surface area contributed by atoms with Gasteiger partial charge in [0.1, 0.15) is 12.1 Å². The first-order valence-corrected chi connectivity index (χ1v) is 6.57. The maximum atomic E-state index is 12.3. The van der Waals surface area contributed by atoms with Crippen molar-refractivity contribution in [3.8, 4) is 0 Å². The van der Waals surface area contributed by atoms with E-state index in [0.29, 0.717) is 19.6 Å². The molecule has 1 saturated heterocycles. The van der Waals surface area contributed by atoms with Crippen molar-refractivity contribution in [2.24, 2.45) is 0 Å². The van der Waals surface area contributed by atoms with Crippen LogP contribution < -0.4 is 5.32 Å². The highest BCUT2D eigenvalue weighted by atomic mass is 16.5. The van der Waals surface area contributed by atoms with E-state index >= 15 is 0 Å². The predicted octanol–water partition coefficient (Wildman–Crippen LogP) is 0.927. The molecule has 1 N–H and O–H groups in total. The fourth-order valence-corrected chi connectivity index (χ4v) is 2.22. The standard InChI is InChI=1S/C13H24N2O3/c1-6-10-12(17)15(9(3)11(16)14-10)8-13(4,5)18-7-2/h9-10H,6-8H2,1-5H3,(H,14,16). The molecular formula is C13H24N2O3. The summed E-state index contributed by atoms with van der Waals surface area (Å²) in [5.41, 5.74) is -0.436. The Morgan fingerprint density at radius 2 is 1.94 bits per heavy atom. The highest BCUT2D eigenvalue weighted by molar-refractivity contribution is 5.96. The lowest BCUT2D eigenvalue weighted by Gasteiger charge is -2.41. The predicted molar refractivity (Wildman–Crippen MR) is 69.1 cm³/mol. The highest BCUT2D eigenvalue weighted by Crippen LogP contribution is 2.18. The number of carbonyl (C=O) groups is 2. The molecule has 5 heteroatoms. The zero-order chi connectivity index (χ0) is 13.9. The average Bonchev–Trinajstić information content (AvgIpc) is 2.29. The summed E-state index contributed by atoms with van der Waals surface area (Å²) in [5.74, 6) is -0.105. The summed E-state index contributed by atoms with van der Waals surface area (Å²) >= 11 is 0. The number of ether oxygens (including phenoxy) is 1. The lowest BCUT2D eigenvalue weighted by molar-refractivity contribution is -0.153. The second kappa shape index (κ2) is 5.69. The fourth-order valence-electron chi connectivity index (χ4n) is 2.22. The van der Waals surface area contributed by atoms with Gasteiger partial charge in [-0.3, -0.25) is 9.59 Å². The van der Waals surface area contributed by atoms with Crippen LogP contribution in [0.5, 0.6) is 0 Å². The average molecular weight is 256 g/mol. The number of nitrogens with zero attached hydrogens (tertiary/aromatic N) is 1. The molecular weight excluding hydrogens is 232 g/mol. The summed E-state index contributed by atoms with van der Waals surface area (Å²) in [6.07, 6.45) is 0.614. The Balaban J connectivity index is 2.83. The first-order chi connectivity index (χ1) is 8.32. The Kier molecular flexibility index (Phi) is 4.73. The van der Waals surface area contributed by atoms with Crippen LogP contribution in [0.25, 0.3) is 0 Å². The molecule has 1 fully saturated rings. The Morgan fingerprint density at radius 1 is 1.33 bits per heavy atom. The number of hydrogen-bond acceptors (Lipinski definition) is 3. The minimum atomic E-state index is -0.436. The van der Waals surface area contributed by atoms with Crippen LogP contribution in [-0.2, 0) is 14.3 Å². The van der Waals surface area contributed by atoms with E-state index in [4.69, 9.17) is 4.74 Å². The number of amides is 2. The molecule has 0 saturated carbocycles. The Labute approximate surface area is 109 Å². The highest BCUT2D eigenvalue weighted by Gasteiger charge is 2.39. The van der Waals surface area contributed by atoms with E-state index in [2.05, 4.69) is 5.32 Å². The van der Waals surface area contributed by atoms with Crippen molar-refractivity contribution >= 4 is 11.8 Å². The second-order valence-corrected chi connectivity index (χ2v) is 5.30. The zero-order valence-corrected chi connectivity index (χ0v) is 11.9. The minimum absolute atomic E-state index is 0.0163. The van der Waals surface area contributed by atoms with Crippen LogP contribution in [-0.4, -0.2) is 47.6 Å². The van der Waals surface area contributed by atoms with Crippen LogP contribution in [0, 0.1) is 0 Å². The van der Waals surface area contributed by atoms with Gasteiger partial charge in [0.25, 0.3) is 0 Å². The molecule has 0 aromatic heterocycles. The molecule has 2 amide bonds. The molecule has 0 aromatic rings. The molecule has 1 aliphatic heterocycles. The van der Waals surface area contributed by atoms with Crippen molar-refractivity contribution in [1.82, 2.24) is 10.2 Å². The van der Waals surface area contributed by atoms with E-state index in [1.165, 1.54) is 0 Å². The van der Waals surface area contributed by atoms with Crippen molar-refractivity contribution < 1.29 is 14.3 Å². The van der Waals surface area contributed by atoms with Crippen molar-refractivity contribution in [2.75, 3.05) is 13.2 Å². The summed E-state index contributed by atoms with van der Waals surface area (Å²) < 4.78 is 5.61. The quantitative estimate of drug-likeness (QED) is 0.796. The van der Waals surface area contributed by atoms with Crippen LogP contribution in [0.2, 0.25) is 0 Å². The van der Waals surface area contributed by atoms with E-state index in [9.17, 15) is 9.59 Å². The lowest BCUT2D eigenvalue weighted by atomic mass is 10.0. The molecule has 2 unspecified atom stereocenters. The summed E-state index contributed by atoms with van der Waals surface area (Å²) in [6, 6.07) is -0.828. The molecule has 1 heterocycles. The third-order valence-electron chi connectivity index (χ3n) is 3.24. The molecule has 0 spiro atoms. The van der Waals surface area contributed by atoms with Gasteiger partial charge in [-0.05, 0) is 34.1 Å². The van der Waals surface area contributed by atoms with Gasteiger partial charge < -0.3 is 15.0 Å². The SMILES string of the molecule is CCOC(C)(C)CN1C(=O)C(CC)NC(=O)C1C. The van der Waals surface area contributed by atoms with Gasteiger partial charge in [0.15, 0.2) is 0 Å². The fraction of sp³-hybridized carbons (Fsp3) is 0.846. The van der Waals surface area contributed by atoms with Gasteiger partial charge in [-0.1, -0.05) is 6.92 Å². The minimum Gasteiger partial charge on any atom is -0.374 e. The third-order valence-corrected chi connectivity index (χ3v) is 3.24. The molecule has 18 heavy (non-hydrogen) atoms. The smallest absolute Gasteiger partial charge is 0.245 e. The van der Waals surface area contributed by atoms with Crippen LogP contribution in [0.4, 0.5) is 0 Å². The van der Waals surface area contributed by atoms with Gasteiger partial charge in [0.2, 0.25) is 11.8 Å². The number of hydrogen-bond donors (Lipinski definition) is 1. The Hall–Kier alpha value is -1.10. The van der Waals surface area contributed by atoms with Gasteiger partial charge in [-0.2, -0.15) is 0 Å². The summed E-state index contributed by atoms with van der Waals surface area (Å²) in [6.45, 7) is 10.5. The first-order valence-electron chi connectivity index (χ1n) is 6.57. The first kappa shape index (κ1) is 15.0. The van der Waals surface area contributed by atoms with Crippen LogP contribution >= 0.6 is 0 Å². The number of carbonyl (C=O) groups excluding carboxylic acids is 2. The topological polar surface area (TPSA) is 58.6 Å². The lowest BCUT2D eigenvalue weighted by Crippen LogP contribution is -2.64.